The summed E-state index contributed by atoms with van der Waals surface area (Å²) in [4.78, 5) is 17.5. The van der Waals surface area contributed by atoms with E-state index in [-0.39, 0.29) is 48.7 Å². The molecule has 37 heavy (non-hydrogen) atoms. The van der Waals surface area contributed by atoms with Crippen molar-refractivity contribution in [1.29, 1.82) is 0 Å². The second-order valence-corrected chi connectivity index (χ2v) is 13.1. The molecule has 1 aliphatic heterocycles. The number of anilines is 1. The summed E-state index contributed by atoms with van der Waals surface area (Å²) < 4.78 is 82.1. The van der Waals surface area contributed by atoms with Crippen LogP contribution in [0.15, 0.2) is 12.3 Å². The molecule has 2 amide bonds. The Morgan fingerprint density at radius 3 is 2.54 bits per heavy atom. The molecule has 0 radical (unpaired) electrons. The number of sulfonamides is 1. The van der Waals surface area contributed by atoms with Crippen LogP contribution in [0.4, 0.5) is 28.2 Å². The van der Waals surface area contributed by atoms with Crippen molar-refractivity contribution in [2.24, 2.45) is 16.7 Å². The van der Waals surface area contributed by atoms with Crippen molar-refractivity contribution < 1.29 is 30.8 Å². The highest BCUT2D eigenvalue weighted by Gasteiger charge is 2.66. The van der Waals surface area contributed by atoms with Gasteiger partial charge in [0.25, 0.3) is 0 Å². The molecule has 1 aromatic rings. The Hall–Kier alpha value is -2.15. The predicted molar refractivity (Wildman–Crippen MR) is 131 cm³/mol. The molecule has 4 atom stereocenters. The van der Waals surface area contributed by atoms with Crippen LogP contribution in [-0.4, -0.2) is 67.8 Å². The van der Waals surface area contributed by atoms with Crippen molar-refractivity contribution >= 4 is 21.9 Å². The number of carbonyl (C=O) groups excluding carboxylic acids is 1. The third-order valence-electron chi connectivity index (χ3n) is 8.92. The van der Waals surface area contributed by atoms with Gasteiger partial charge in [-0.05, 0) is 50.5 Å². The first kappa shape index (κ1) is 27.9. The van der Waals surface area contributed by atoms with Gasteiger partial charge in [-0.2, -0.15) is 17.5 Å². The van der Waals surface area contributed by atoms with E-state index in [4.69, 9.17) is 0 Å². The molecule has 3 fully saturated rings. The summed E-state index contributed by atoms with van der Waals surface area (Å²) in [5.41, 5.74) is -2.08. The van der Waals surface area contributed by atoms with Crippen LogP contribution in [0.5, 0.6) is 0 Å². The number of carbonyl (C=O) groups is 1. The molecule has 0 spiro atoms. The maximum absolute atomic E-state index is 14.6. The van der Waals surface area contributed by atoms with Crippen LogP contribution in [0, 0.1) is 22.6 Å². The van der Waals surface area contributed by atoms with Gasteiger partial charge < -0.3 is 15.5 Å². The SMILES string of the molecule is CCNC(=O)NC1C[C@H]2CC[C@@]1(CS(=O)(=O)N1CCN(c3ncc(C(F)(F)F)cc3F)[C@@H](C)C1)C2(C)C. The van der Waals surface area contributed by atoms with Crippen molar-refractivity contribution in [1.82, 2.24) is 19.9 Å². The topological polar surface area (TPSA) is 94.6 Å². The third-order valence-corrected chi connectivity index (χ3v) is 10.9. The molecular weight excluding hydrogens is 514 g/mol. The third kappa shape index (κ3) is 4.88. The van der Waals surface area contributed by atoms with Gasteiger partial charge in [0.2, 0.25) is 10.0 Å². The fourth-order valence-corrected chi connectivity index (χ4v) is 9.05. The van der Waals surface area contributed by atoms with E-state index < -0.39 is 39.0 Å². The van der Waals surface area contributed by atoms with Crippen LogP contribution < -0.4 is 15.5 Å². The fourth-order valence-electron chi connectivity index (χ4n) is 6.70. The molecule has 208 valence electrons. The lowest BCUT2D eigenvalue weighted by molar-refractivity contribution is -0.138. The molecule has 2 N–H and O–H groups in total. The van der Waals surface area contributed by atoms with Gasteiger partial charge in [0.05, 0.1) is 11.3 Å². The maximum Gasteiger partial charge on any atom is 0.417 e. The molecule has 2 heterocycles. The Bertz CT molecular complexity index is 1150. The number of nitrogens with zero attached hydrogens (tertiary/aromatic N) is 3. The van der Waals surface area contributed by atoms with Crippen LogP contribution in [-0.2, 0) is 16.2 Å². The number of halogens is 4. The second kappa shape index (κ2) is 9.55. The molecule has 2 bridgehead atoms. The van der Waals surface area contributed by atoms with Crippen LogP contribution in [0.25, 0.3) is 0 Å². The molecule has 2 saturated carbocycles. The summed E-state index contributed by atoms with van der Waals surface area (Å²) in [6.45, 7) is 8.35. The number of fused-ring (bicyclic) bond motifs is 2. The number of aromatic nitrogens is 1. The highest BCUT2D eigenvalue weighted by molar-refractivity contribution is 7.89. The standard InChI is InChI=1S/C24H35F4N5O3S/c1-5-29-21(34)31-19-11-16-6-7-23(19,22(16,3)4)14-37(35,36)32-8-9-33(15(2)13-32)20-18(25)10-17(12-30-20)24(26,27)28/h10,12,15-16,19H,5-9,11,13-14H2,1-4H3,(H2,29,31,34)/t15-,16+,19?,23-/m0/s1. The van der Waals surface area contributed by atoms with Crippen molar-refractivity contribution in [2.45, 2.75) is 65.2 Å². The van der Waals surface area contributed by atoms with Crippen molar-refractivity contribution in [3.8, 4) is 0 Å². The first-order valence-electron chi connectivity index (χ1n) is 12.6. The van der Waals surface area contributed by atoms with Crippen LogP contribution in [0.2, 0.25) is 0 Å². The van der Waals surface area contributed by atoms with Gasteiger partial charge in [0.1, 0.15) is 0 Å². The van der Waals surface area contributed by atoms with E-state index in [9.17, 15) is 30.8 Å². The number of pyridine rings is 1. The number of urea groups is 1. The number of piperazine rings is 1. The second-order valence-electron chi connectivity index (χ2n) is 11.1. The largest absolute Gasteiger partial charge is 0.417 e. The minimum absolute atomic E-state index is 0.0544. The first-order valence-corrected chi connectivity index (χ1v) is 14.2. The Morgan fingerprint density at radius 2 is 1.97 bits per heavy atom. The number of alkyl halides is 3. The zero-order valence-corrected chi connectivity index (χ0v) is 22.3. The van der Waals surface area contributed by atoms with E-state index in [1.54, 1.807) is 6.92 Å². The normalized spacial score (nSPS) is 29.9. The molecule has 1 aromatic heterocycles. The van der Waals surface area contributed by atoms with Crippen molar-refractivity contribution in [2.75, 3.05) is 36.8 Å². The van der Waals surface area contributed by atoms with E-state index in [0.717, 1.165) is 12.8 Å². The number of hydrogen-bond donors (Lipinski definition) is 2. The van der Waals surface area contributed by atoms with E-state index in [1.807, 2.05) is 6.92 Å². The Kier molecular flexibility index (Phi) is 7.19. The lowest BCUT2D eigenvalue weighted by Gasteiger charge is -2.45. The number of hydrogen-bond acceptors (Lipinski definition) is 5. The molecule has 3 aliphatic rings. The van der Waals surface area contributed by atoms with Crippen LogP contribution >= 0.6 is 0 Å². The Balaban J connectivity index is 1.51. The number of amides is 2. The monoisotopic (exact) mass is 549 g/mol. The zero-order valence-electron chi connectivity index (χ0n) is 21.5. The van der Waals surface area contributed by atoms with Gasteiger partial charge in [0.15, 0.2) is 11.6 Å². The predicted octanol–water partition coefficient (Wildman–Crippen LogP) is 3.59. The zero-order chi connectivity index (χ0) is 27.4. The minimum atomic E-state index is -4.71. The number of rotatable bonds is 6. The van der Waals surface area contributed by atoms with Crippen LogP contribution in [0.3, 0.4) is 0 Å². The molecule has 2 aliphatic carbocycles. The minimum Gasteiger partial charge on any atom is -0.349 e. The summed E-state index contributed by atoms with van der Waals surface area (Å²) in [5, 5.41) is 5.75. The highest BCUT2D eigenvalue weighted by atomic mass is 32.2. The first-order chi connectivity index (χ1) is 17.1. The highest BCUT2D eigenvalue weighted by Crippen LogP contribution is 2.66. The average Bonchev–Trinajstić information content (AvgIpc) is 3.13. The van der Waals surface area contributed by atoms with Gasteiger partial charge in [-0.3, -0.25) is 0 Å². The summed E-state index contributed by atoms with van der Waals surface area (Å²) in [6, 6.07) is -0.665. The summed E-state index contributed by atoms with van der Waals surface area (Å²) in [6.07, 6.45) is -1.80. The van der Waals surface area contributed by atoms with Gasteiger partial charge >= 0.3 is 12.2 Å². The molecule has 0 aromatic carbocycles. The Labute approximate surface area is 215 Å². The number of nitrogens with one attached hydrogen (secondary N) is 2. The van der Waals surface area contributed by atoms with E-state index >= 15 is 0 Å². The van der Waals surface area contributed by atoms with Crippen molar-refractivity contribution in [3.63, 3.8) is 0 Å². The van der Waals surface area contributed by atoms with Gasteiger partial charge in [-0.15, -0.1) is 0 Å². The Morgan fingerprint density at radius 1 is 1.27 bits per heavy atom. The molecule has 13 heteroatoms. The molecule has 8 nitrogen and oxygen atoms in total. The summed E-state index contributed by atoms with van der Waals surface area (Å²) >= 11 is 0. The smallest absolute Gasteiger partial charge is 0.349 e. The molecule has 4 rings (SSSR count). The van der Waals surface area contributed by atoms with Gasteiger partial charge in [0, 0.05) is 49.9 Å². The molecular formula is C24H35F4N5O3S. The molecule has 1 saturated heterocycles. The van der Waals surface area contributed by atoms with E-state index in [2.05, 4.69) is 29.5 Å². The summed E-state index contributed by atoms with van der Waals surface area (Å²) in [5.74, 6) is -1.13. The lowest BCUT2D eigenvalue weighted by atomic mass is 9.69. The average molecular weight is 550 g/mol. The maximum atomic E-state index is 14.6. The van der Waals surface area contributed by atoms with Crippen molar-refractivity contribution in [3.05, 3.63) is 23.6 Å². The van der Waals surface area contributed by atoms with Crippen LogP contribution in [0.1, 0.15) is 52.5 Å². The molecule has 1 unspecified atom stereocenters. The van der Waals surface area contributed by atoms with E-state index in [1.165, 1.54) is 9.21 Å². The van der Waals surface area contributed by atoms with Gasteiger partial charge in [-0.25, -0.2) is 22.6 Å². The summed E-state index contributed by atoms with van der Waals surface area (Å²) in [7, 11) is -3.77. The van der Waals surface area contributed by atoms with Gasteiger partial charge in [-0.1, -0.05) is 13.8 Å². The van der Waals surface area contributed by atoms with E-state index in [0.29, 0.717) is 31.1 Å². The lowest BCUT2D eigenvalue weighted by Crippen LogP contribution is -2.58. The quantitative estimate of drug-likeness (QED) is 0.529. The fraction of sp³-hybridized carbons (Fsp3) is 0.750.